The lowest BCUT2D eigenvalue weighted by Crippen LogP contribution is -2.01. The van der Waals surface area contributed by atoms with Crippen molar-refractivity contribution in [3.05, 3.63) is 65.0 Å². The zero-order chi connectivity index (χ0) is 16.2. The molecule has 0 atom stereocenters. The standard InChI is InChI=1S/C17H14N2O3S/c18-17-19-14(10-23-17)13-6-1-2-7-15(13)22-9-11-4-3-5-12(8-11)16(20)21/h1-8,10H,9H2,(H2,18,19)(H,20,21). The molecule has 0 spiro atoms. The summed E-state index contributed by atoms with van der Waals surface area (Å²) in [5.74, 6) is -0.274. The van der Waals surface area contributed by atoms with E-state index in [-0.39, 0.29) is 12.2 Å². The molecular weight excluding hydrogens is 312 g/mol. The van der Waals surface area contributed by atoms with Crippen molar-refractivity contribution in [3.8, 4) is 17.0 Å². The SMILES string of the molecule is Nc1nc(-c2ccccc2OCc2cccc(C(=O)O)c2)cs1. The minimum absolute atomic E-state index is 0.242. The van der Waals surface area contributed by atoms with Crippen LogP contribution < -0.4 is 10.5 Å². The van der Waals surface area contributed by atoms with E-state index in [0.717, 1.165) is 16.8 Å². The number of nitrogens with two attached hydrogens (primary N) is 1. The Bertz CT molecular complexity index is 845. The second kappa shape index (κ2) is 6.50. The average molecular weight is 326 g/mol. The summed E-state index contributed by atoms with van der Waals surface area (Å²) in [6.07, 6.45) is 0. The lowest BCUT2D eigenvalue weighted by molar-refractivity contribution is 0.0696. The van der Waals surface area contributed by atoms with Crippen LogP contribution in [-0.2, 0) is 6.61 Å². The second-order valence-electron chi connectivity index (χ2n) is 4.86. The summed E-state index contributed by atoms with van der Waals surface area (Å²) in [6.45, 7) is 0.276. The number of para-hydroxylation sites is 1. The molecule has 0 radical (unpaired) electrons. The molecule has 1 heterocycles. The Labute approximate surface area is 137 Å². The number of nitrogen functional groups attached to an aromatic ring is 1. The van der Waals surface area contributed by atoms with Gasteiger partial charge in [0.15, 0.2) is 5.13 Å². The van der Waals surface area contributed by atoms with E-state index in [1.165, 1.54) is 11.3 Å². The summed E-state index contributed by atoms with van der Waals surface area (Å²) in [4.78, 5) is 15.3. The minimum Gasteiger partial charge on any atom is -0.488 e. The van der Waals surface area contributed by atoms with E-state index in [2.05, 4.69) is 4.98 Å². The molecule has 5 nitrogen and oxygen atoms in total. The number of rotatable bonds is 5. The molecule has 0 unspecified atom stereocenters. The second-order valence-corrected chi connectivity index (χ2v) is 5.75. The molecule has 3 N–H and O–H groups in total. The molecule has 0 saturated carbocycles. The molecule has 0 fully saturated rings. The number of carbonyl (C=O) groups is 1. The van der Waals surface area contributed by atoms with Crippen LogP contribution in [0.25, 0.3) is 11.3 Å². The first-order chi connectivity index (χ1) is 11.1. The number of hydrogen-bond acceptors (Lipinski definition) is 5. The Morgan fingerprint density at radius 1 is 1.22 bits per heavy atom. The molecule has 1 aromatic heterocycles. The van der Waals surface area contributed by atoms with Gasteiger partial charge in [-0.2, -0.15) is 0 Å². The normalized spacial score (nSPS) is 10.4. The summed E-state index contributed by atoms with van der Waals surface area (Å²) < 4.78 is 5.85. The van der Waals surface area contributed by atoms with Crippen LogP contribution in [0.5, 0.6) is 5.75 Å². The molecular formula is C17H14N2O3S. The maximum Gasteiger partial charge on any atom is 0.335 e. The van der Waals surface area contributed by atoms with Gasteiger partial charge >= 0.3 is 5.97 Å². The van der Waals surface area contributed by atoms with Crippen LogP contribution in [0.4, 0.5) is 5.13 Å². The number of carboxylic acid groups (broad SMARTS) is 1. The first-order valence-electron chi connectivity index (χ1n) is 6.89. The Morgan fingerprint density at radius 3 is 2.78 bits per heavy atom. The highest BCUT2D eigenvalue weighted by atomic mass is 32.1. The molecule has 0 bridgehead atoms. The van der Waals surface area contributed by atoms with Crippen LogP contribution in [0.15, 0.2) is 53.9 Å². The maximum atomic E-state index is 11.0. The van der Waals surface area contributed by atoms with Gasteiger partial charge < -0.3 is 15.6 Å². The molecule has 0 aliphatic heterocycles. The summed E-state index contributed by atoms with van der Waals surface area (Å²) in [5, 5.41) is 11.4. The Kier molecular flexibility index (Phi) is 4.25. The van der Waals surface area contributed by atoms with E-state index in [1.807, 2.05) is 35.7 Å². The van der Waals surface area contributed by atoms with E-state index in [4.69, 9.17) is 15.6 Å². The molecule has 0 aliphatic rings. The van der Waals surface area contributed by atoms with Crippen LogP contribution in [0.1, 0.15) is 15.9 Å². The van der Waals surface area contributed by atoms with Gasteiger partial charge in [0.05, 0.1) is 11.3 Å². The number of anilines is 1. The molecule has 116 valence electrons. The minimum atomic E-state index is -0.954. The first-order valence-corrected chi connectivity index (χ1v) is 7.77. The predicted octanol–water partition coefficient (Wildman–Crippen LogP) is 3.67. The van der Waals surface area contributed by atoms with Crippen molar-refractivity contribution in [2.24, 2.45) is 0 Å². The molecule has 6 heteroatoms. The van der Waals surface area contributed by atoms with Crippen molar-refractivity contribution in [3.63, 3.8) is 0 Å². The largest absolute Gasteiger partial charge is 0.488 e. The number of aromatic nitrogens is 1. The highest BCUT2D eigenvalue weighted by Gasteiger charge is 2.10. The smallest absolute Gasteiger partial charge is 0.335 e. The van der Waals surface area contributed by atoms with Gasteiger partial charge in [-0.1, -0.05) is 24.3 Å². The van der Waals surface area contributed by atoms with Crippen molar-refractivity contribution in [1.82, 2.24) is 4.98 Å². The monoisotopic (exact) mass is 326 g/mol. The van der Waals surface area contributed by atoms with Crippen molar-refractivity contribution in [2.75, 3.05) is 5.73 Å². The zero-order valence-electron chi connectivity index (χ0n) is 12.1. The van der Waals surface area contributed by atoms with Crippen molar-refractivity contribution >= 4 is 22.4 Å². The Morgan fingerprint density at radius 2 is 2.04 bits per heavy atom. The maximum absolute atomic E-state index is 11.0. The quantitative estimate of drug-likeness (QED) is 0.747. The van der Waals surface area contributed by atoms with Gasteiger partial charge in [0.1, 0.15) is 12.4 Å². The van der Waals surface area contributed by atoms with Gasteiger partial charge in [0.25, 0.3) is 0 Å². The lowest BCUT2D eigenvalue weighted by atomic mass is 10.1. The first kappa shape index (κ1) is 15.1. The number of ether oxygens (including phenoxy) is 1. The third kappa shape index (κ3) is 3.49. The van der Waals surface area contributed by atoms with Crippen molar-refractivity contribution < 1.29 is 14.6 Å². The fourth-order valence-electron chi connectivity index (χ4n) is 2.17. The van der Waals surface area contributed by atoms with E-state index in [1.54, 1.807) is 18.2 Å². The fraction of sp³-hybridized carbons (Fsp3) is 0.0588. The van der Waals surface area contributed by atoms with E-state index in [0.29, 0.717) is 10.9 Å². The summed E-state index contributed by atoms with van der Waals surface area (Å²) in [7, 11) is 0. The molecule has 23 heavy (non-hydrogen) atoms. The fourth-order valence-corrected chi connectivity index (χ4v) is 2.73. The van der Waals surface area contributed by atoms with Gasteiger partial charge in [-0.25, -0.2) is 9.78 Å². The highest BCUT2D eigenvalue weighted by molar-refractivity contribution is 7.13. The third-order valence-corrected chi connectivity index (χ3v) is 3.93. The highest BCUT2D eigenvalue weighted by Crippen LogP contribution is 2.31. The Hall–Kier alpha value is -2.86. The number of aromatic carboxylic acids is 1. The van der Waals surface area contributed by atoms with Gasteiger partial charge in [0.2, 0.25) is 0 Å². The number of carboxylic acids is 1. The topological polar surface area (TPSA) is 85.4 Å². The third-order valence-electron chi connectivity index (χ3n) is 3.25. The molecule has 0 amide bonds. The molecule has 0 saturated heterocycles. The lowest BCUT2D eigenvalue weighted by Gasteiger charge is -2.10. The predicted molar refractivity (Wildman–Crippen MR) is 89.7 cm³/mol. The molecule has 3 rings (SSSR count). The van der Waals surface area contributed by atoms with Crippen molar-refractivity contribution in [1.29, 1.82) is 0 Å². The number of nitrogens with zero attached hydrogens (tertiary/aromatic N) is 1. The van der Waals surface area contributed by atoms with Crippen LogP contribution in [0, 0.1) is 0 Å². The van der Waals surface area contributed by atoms with E-state index in [9.17, 15) is 4.79 Å². The summed E-state index contributed by atoms with van der Waals surface area (Å²) in [6, 6.07) is 14.2. The molecule has 3 aromatic rings. The van der Waals surface area contributed by atoms with Gasteiger partial charge in [-0.3, -0.25) is 0 Å². The van der Waals surface area contributed by atoms with Crippen LogP contribution >= 0.6 is 11.3 Å². The molecule has 2 aromatic carbocycles. The van der Waals surface area contributed by atoms with Crippen LogP contribution in [0.3, 0.4) is 0 Å². The van der Waals surface area contributed by atoms with Gasteiger partial charge in [-0.05, 0) is 29.8 Å². The summed E-state index contributed by atoms with van der Waals surface area (Å²) in [5.41, 5.74) is 8.34. The van der Waals surface area contributed by atoms with Gasteiger partial charge in [0, 0.05) is 10.9 Å². The Balaban J connectivity index is 1.81. The summed E-state index contributed by atoms with van der Waals surface area (Å²) >= 11 is 1.37. The van der Waals surface area contributed by atoms with Gasteiger partial charge in [-0.15, -0.1) is 11.3 Å². The molecule has 0 aliphatic carbocycles. The average Bonchev–Trinajstić information content (AvgIpc) is 3.00. The van der Waals surface area contributed by atoms with E-state index >= 15 is 0 Å². The number of benzene rings is 2. The van der Waals surface area contributed by atoms with Crippen molar-refractivity contribution in [2.45, 2.75) is 6.61 Å². The zero-order valence-corrected chi connectivity index (χ0v) is 12.9. The van der Waals surface area contributed by atoms with Crippen LogP contribution in [0.2, 0.25) is 0 Å². The number of thiazole rings is 1. The van der Waals surface area contributed by atoms with Crippen LogP contribution in [-0.4, -0.2) is 16.1 Å². The van der Waals surface area contributed by atoms with E-state index < -0.39 is 5.97 Å². The number of hydrogen-bond donors (Lipinski definition) is 2.